The molecule has 0 aliphatic heterocycles. The van der Waals surface area contributed by atoms with Crippen LogP contribution >= 0.6 is 15.9 Å². The van der Waals surface area contributed by atoms with E-state index in [0.717, 1.165) is 17.6 Å². The second-order valence-corrected chi connectivity index (χ2v) is 6.14. The summed E-state index contributed by atoms with van der Waals surface area (Å²) < 4.78 is 0.749. The zero-order valence-electron chi connectivity index (χ0n) is 12.1. The van der Waals surface area contributed by atoms with E-state index in [1.54, 1.807) is 6.20 Å². The van der Waals surface area contributed by atoms with Crippen molar-refractivity contribution in [3.63, 3.8) is 0 Å². The number of halogens is 1. The van der Waals surface area contributed by atoms with E-state index in [1.165, 1.54) is 0 Å². The highest BCUT2D eigenvalue weighted by molar-refractivity contribution is 9.10. The smallest absolute Gasteiger partial charge is 0.273 e. The minimum absolute atomic E-state index is 0.0111. The van der Waals surface area contributed by atoms with Crippen molar-refractivity contribution < 1.29 is 4.79 Å². The second kappa shape index (κ2) is 7.60. The summed E-state index contributed by atoms with van der Waals surface area (Å²) in [5.41, 5.74) is 0.488. The largest absolute Gasteiger partial charge is 0.336 e. The highest BCUT2D eigenvalue weighted by atomic mass is 79.9. The Morgan fingerprint density at radius 1 is 1.37 bits per heavy atom. The number of likely N-dealkylation sites (N-methyl/N-ethyl adjacent to an activating group) is 1. The first-order valence-corrected chi connectivity index (χ1v) is 7.25. The second-order valence-electron chi connectivity index (χ2n) is 5.28. The van der Waals surface area contributed by atoms with Gasteiger partial charge in [-0.05, 0) is 48.1 Å². The highest BCUT2D eigenvalue weighted by Gasteiger charge is 2.20. The van der Waals surface area contributed by atoms with Gasteiger partial charge in [0.05, 0.1) is 0 Å². The van der Waals surface area contributed by atoms with Gasteiger partial charge >= 0.3 is 0 Å². The zero-order valence-corrected chi connectivity index (χ0v) is 13.6. The van der Waals surface area contributed by atoms with Crippen molar-refractivity contribution in [1.29, 1.82) is 0 Å². The maximum atomic E-state index is 12.5. The van der Waals surface area contributed by atoms with Crippen molar-refractivity contribution in [2.24, 2.45) is 5.92 Å². The maximum absolute atomic E-state index is 12.5. The number of rotatable bonds is 6. The fraction of sp³-hybridized carbons (Fsp3) is 0.571. The van der Waals surface area contributed by atoms with Gasteiger partial charge in [0.25, 0.3) is 5.91 Å². The molecule has 19 heavy (non-hydrogen) atoms. The van der Waals surface area contributed by atoms with Crippen molar-refractivity contribution in [2.45, 2.75) is 13.8 Å². The van der Waals surface area contributed by atoms with E-state index in [-0.39, 0.29) is 5.91 Å². The minimum atomic E-state index is -0.0111. The first-order chi connectivity index (χ1) is 8.91. The maximum Gasteiger partial charge on any atom is 0.273 e. The molecule has 0 saturated carbocycles. The molecule has 1 aromatic heterocycles. The van der Waals surface area contributed by atoms with Crippen LogP contribution in [0.3, 0.4) is 0 Å². The van der Waals surface area contributed by atoms with Gasteiger partial charge in [0.2, 0.25) is 0 Å². The molecule has 0 unspecified atom stereocenters. The third-order valence-corrected chi connectivity index (χ3v) is 3.29. The number of pyridine rings is 1. The van der Waals surface area contributed by atoms with Crippen molar-refractivity contribution in [3.05, 3.63) is 28.5 Å². The van der Waals surface area contributed by atoms with E-state index >= 15 is 0 Å². The van der Waals surface area contributed by atoms with Gasteiger partial charge in [0, 0.05) is 30.3 Å². The Kier molecular flexibility index (Phi) is 6.45. The van der Waals surface area contributed by atoms with E-state index in [4.69, 9.17) is 0 Å². The van der Waals surface area contributed by atoms with Gasteiger partial charge in [-0.3, -0.25) is 4.79 Å². The number of hydrogen-bond donors (Lipinski definition) is 0. The standard InChI is InChI=1S/C14H22BrN3O/c1-11(2)10-18(9-8-17(3)4)14(19)13-12(15)6-5-7-16-13/h5-7,11H,8-10H2,1-4H3. The van der Waals surface area contributed by atoms with Gasteiger partial charge in [-0.15, -0.1) is 0 Å². The Hall–Kier alpha value is -0.940. The molecule has 0 aliphatic rings. The summed E-state index contributed by atoms with van der Waals surface area (Å²) >= 11 is 3.39. The van der Waals surface area contributed by atoms with Crippen molar-refractivity contribution in [2.75, 3.05) is 33.7 Å². The molecule has 0 spiro atoms. The zero-order chi connectivity index (χ0) is 14.4. The summed E-state index contributed by atoms with van der Waals surface area (Å²) in [6, 6.07) is 3.66. The summed E-state index contributed by atoms with van der Waals surface area (Å²) in [5, 5.41) is 0. The third kappa shape index (κ3) is 5.28. The van der Waals surface area contributed by atoms with Gasteiger partial charge in [-0.1, -0.05) is 13.8 Å². The Morgan fingerprint density at radius 3 is 2.58 bits per heavy atom. The molecular weight excluding hydrogens is 306 g/mol. The molecule has 0 aliphatic carbocycles. The Labute approximate surface area is 123 Å². The minimum Gasteiger partial charge on any atom is -0.336 e. The van der Waals surface area contributed by atoms with Crippen molar-refractivity contribution in [3.8, 4) is 0 Å². The summed E-state index contributed by atoms with van der Waals surface area (Å²) in [4.78, 5) is 20.7. The highest BCUT2D eigenvalue weighted by Crippen LogP contribution is 2.16. The van der Waals surface area contributed by atoms with Crippen LogP contribution in [-0.4, -0.2) is 54.4 Å². The summed E-state index contributed by atoms with van der Waals surface area (Å²) in [7, 11) is 4.02. The molecule has 1 amide bonds. The molecule has 0 saturated heterocycles. The van der Waals surface area contributed by atoms with Crippen LogP contribution in [0.1, 0.15) is 24.3 Å². The quantitative estimate of drug-likeness (QED) is 0.805. The van der Waals surface area contributed by atoms with Crippen LogP contribution in [0.5, 0.6) is 0 Å². The average molecular weight is 328 g/mol. The topological polar surface area (TPSA) is 36.4 Å². The van der Waals surface area contributed by atoms with E-state index in [9.17, 15) is 4.79 Å². The van der Waals surface area contributed by atoms with E-state index in [0.29, 0.717) is 18.2 Å². The lowest BCUT2D eigenvalue weighted by atomic mass is 10.2. The first-order valence-electron chi connectivity index (χ1n) is 6.46. The molecular formula is C14H22BrN3O. The molecule has 1 aromatic rings. The van der Waals surface area contributed by atoms with Gasteiger partial charge in [0.15, 0.2) is 0 Å². The molecule has 0 fully saturated rings. The van der Waals surface area contributed by atoms with Crippen LogP contribution in [0.15, 0.2) is 22.8 Å². The predicted molar refractivity (Wildman–Crippen MR) is 81.2 cm³/mol. The molecule has 4 nitrogen and oxygen atoms in total. The van der Waals surface area contributed by atoms with Crippen LogP contribution in [0.2, 0.25) is 0 Å². The molecule has 1 heterocycles. The molecule has 0 atom stereocenters. The van der Waals surface area contributed by atoms with Gasteiger partial charge < -0.3 is 9.80 Å². The number of carbonyl (C=O) groups is 1. The van der Waals surface area contributed by atoms with Crippen molar-refractivity contribution >= 4 is 21.8 Å². The summed E-state index contributed by atoms with van der Waals surface area (Å²) in [6.45, 7) is 6.54. The van der Waals surface area contributed by atoms with E-state index in [2.05, 4.69) is 39.7 Å². The van der Waals surface area contributed by atoms with Gasteiger partial charge in [-0.2, -0.15) is 0 Å². The number of nitrogens with zero attached hydrogens (tertiary/aromatic N) is 3. The van der Waals surface area contributed by atoms with Crippen LogP contribution in [0, 0.1) is 5.92 Å². The SMILES string of the molecule is CC(C)CN(CCN(C)C)C(=O)c1ncccc1Br. The lowest BCUT2D eigenvalue weighted by Crippen LogP contribution is -2.39. The van der Waals surface area contributed by atoms with E-state index in [1.807, 2.05) is 31.1 Å². The van der Waals surface area contributed by atoms with Crippen LogP contribution in [0.4, 0.5) is 0 Å². The molecule has 0 N–H and O–H groups in total. The van der Waals surface area contributed by atoms with E-state index < -0.39 is 0 Å². The van der Waals surface area contributed by atoms with Crippen LogP contribution in [-0.2, 0) is 0 Å². The molecule has 1 rings (SSSR count). The summed E-state index contributed by atoms with van der Waals surface area (Å²) in [6.07, 6.45) is 1.65. The van der Waals surface area contributed by atoms with Crippen LogP contribution < -0.4 is 0 Å². The van der Waals surface area contributed by atoms with Crippen LogP contribution in [0.25, 0.3) is 0 Å². The lowest BCUT2D eigenvalue weighted by Gasteiger charge is -2.26. The average Bonchev–Trinajstić information content (AvgIpc) is 2.33. The number of aromatic nitrogens is 1. The Morgan fingerprint density at radius 2 is 2.05 bits per heavy atom. The summed E-state index contributed by atoms with van der Waals surface area (Å²) in [5.74, 6) is 0.427. The Balaban J connectivity index is 2.84. The predicted octanol–water partition coefficient (Wildman–Crippen LogP) is 2.50. The van der Waals surface area contributed by atoms with Crippen molar-refractivity contribution in [1.82, 2.24) is 14.8 Å². The first kappa shape index (κ1) is 16.1. The third-order valence-electron chi connectivity index (χ3n) is 2.65. The number of carbonyl (C=O) groups excluding carboxylic acids is 1. The number of amides is 1. The fourth-order valence-corrected chi connectivity index (χ4v) is 2.15. The lowest BCUT2D eigenvalue weighted by molar-refractivity contribution is 0.0717. The molecule has 0 bridgehead atoms. The fourth-order valence-electron chi connectivity index (χ4n) is 1.73. The normalized spacial score (nSPS) is 11.1. The van der Waals surface area contributed by atoms with Gasteiger partial charge in [-0.25, -0.2) is 4.98 Å². The van der Waals surface area contributed by atoms with Gasteiger partial charge in [0.1, 0.15) is 5.69 Å². The molecule has 0 aromatic carbocycles. The monoisotopic (exact) mass is 327 g/mol. The molecule has 0 radical (unpaired) electrons. The molecule has 106 valence electrons. The number of hydrogen-bond acceptors (Lipinski definition) is 3. The molecule has 5 heteroatoms. The Bertz CT molecular complexity index is 421.